The second-order valence-electron chi connectivity index (χ2n) is 7.20. The van der Waals surface area contributed by atoms with Crippen LogP contribution in [0.5, 0.6) is 0 Å². The SMILES string of the molecule is Cc1ccc2sc(N(Cc3ccccc3)C(=O)CN3CCSCC3)nc2c1C. The molecule has 0 atom stereocenters. The van der Waals surface area contributed by atoms with Crippen LogP contribution >= 0.6 is 23.1 Å². The van der Waals surface area contributed by atoms with Gasteiger partial charge in [0.15, 0.2) is 5.13 Å². The van der Waals surface area contributed by atoms with Crippen LogP contribution in [-0.2, 0) is 11.3 Å². The van der Waals surface area contributed by atoms with Crippen molar-refractivity contribution in [2.45, 2.75) is 20.4 Å². The van der Waals surface area contributed by atoms with Gasteiger partial charge in [0.1, 0.15) is 0 Å². The van der Waals surface area contributed by atoms with E-state index in [0.717, 1.165) is 45.5 Å². The maximum absolute atomic E-state index is 13.3. The number of carbonyl (C=O) groups is 1. The topological polar surface area (TPSA) is 36.4 Å². The number of thiazole rings is 1. The quantitative estimate of drug-likeness (QED) is 0.620. The number of nitrogens with zero attached hydrogens (tertiary/aromatic N) is 3. The minimum Gasteiger partial charge on any atom is -0.293 e. The van der Waals surface area contributed by atoms with Crippen LogP contribution in [0.25, 0.3) is 10.2 Å². The Morgan fingerprint density at radius 3 is 2.61 bits per heavy atom. The van der Waals surface area contributed by atoms with Crippen molar-refractivity contribution in [3.8, 4) is 0 Å². The van der Waals surface area contributed by atoms with Crippen LogP contribution in [0.2, 0.25) is 0 Å². The molecule has 0 unspecified atom stereocenters. The summed E-state index contributed by atoms with van der Waals surface area (Å²) in [6.45, 7) is 7.19. The maximum atomic E-state index is 13.3. The van der Waals surface area contributed by atoms with Crippen molar-refractivity contribution in [1.82, 2.24) is 9.88 Å². The summed E-state index contributed by atoms with van der Waals surface area (Å²) in [5.74, 6) is 2.33. The van der Waals surface area contributed by atoms with Gasteiger partial charge in [0, 0.05) is 24.6 Å². The lowest BCUT2D eigenvalue weighted by molar-refractivity contribution is -0.119. The van der Waals surface area contributed by atoms with Crippen LogP contribution in [0.3, 0.4) is 0 Å². The molecule has 1 amide bonds. The van der Waals surface area contributed by atoms with Gasteiger partial charge in [0.2, 0.25) is 5.91 Å². The first-order valence-electron chi connectivity index (χ1n) is 9.63. The zero-order valence-corrected chi connectivity index (χ0v) is 18.0. The van der Waals surface area contributed by atoms with Gasteiger partial charge in [-0.1, -0.05) is 47.7 Å². The highest BCUT2D eigenvalue weighted by atomic mass is 32.2. The second-order valence-corrected chi connectivity index (χ2v) is 9.44. The maximum Gasteiger partial charge on any atom is 0.243 e. The number of carbonyl (C=O) groups excluding carboxylic acids is 1. The van der Waals surface area contributed by atoms with E-state index in [4.69, 9.17) is 4.98 Å². The molecule has 6 heteroatoms. The number of aryl methyl sites for hydroxylation is 2. The molecule has 1 aromatic heterocycles. The molecular weight excluding hydrogens is 386 g/mol. The molecule has 2 heterocycles. The highest BCUT2D eigenvalue weighted by molar-refractivity contribution is 7.99. The Bertz CT molecular complexity index is 965. The molecular formula is C22H25N3OS2. The molecule has 1 fully saturated rings. The van der Waals surface area contributed by atoms with Gasteiger partial charge < -0.3 is 0 Å². The summed E-state index contributed by atoms with van der Waals surface area (Å²) in [5.41, 5.74) is 4.56. The fourth-order valence-electron chi connectivity index (χ4n) is 3.39. The number of fused-ring (bicyclic) bond motifs is 1. The van der Waals surface area contributed by atoms with Gasteiger partial charge in [-0.15, -0.1) is 0 Å². The smallest absolute Gasteiger partial charge is 0.243 e. The highest BCUT2D eigenvalue weighted by Crippen LogP contribution is 2.33. The zero-order chi connectivity index (χ0) is 19.5. The van der Waals surface area contributed by atoms with Crippen LogP contribution in [0.15, 0.2) is 42.5 Å². The third-order valence-corrected chi connectivity index (χ3v) is 7.24. The van der Waals surface area contributed by atoms with E-state index >= 15 is 0 Å². The summed E-state index contributed by atoms with van der Waals surface area (Å²) < 4.78 is 1.14. The molecule has 0 N–H and O–H groups in total. The number of anilines is 1. The first kappa shape index (κ1) is 19.4. The van der Waals surface area contributed by atoms with Gasteiger partial charge in [0.05, 0.1) is 23.3 Å². The summed E-state index contributed by atoms with van der Waals surface area (Å²) in [5, 5.41) is 0.795. The Morgan fingerprint density at radius 2 is 1.86 bits per heavy atom. The molecule has 0 spiro atoms. The molecule has 2 aromatic carbocycles. The number of hydrogen-bond acceptors (Lipinski definition) is 5. The van der Waals surface area contributed by atoms with Gasteiger partial charge in [-0.25, -0.2) is 4.98 Å². The van der Waals surface area contributed by atoms with Crippen molar-refractivity contribution in [3.63, 3.8) is 0 Å². The normalized spacial score (nSPS) is 15.1. The largest absolute Gasteiger partial charge is 0.293 e. The molecule has 0 aliphatic carbocycles. The molecule has 1 aliphatic heterocycles. The van der Waals surface area contributed by atoms with Gasteiger partial charge >= 0.3 is 0 Å². The number of benzene rings is 2. The Hall–Kier alpha value is -1.89. The van der Waals surface area contributed by atoms with E-state index < -0.39 is 0 Å². The summed E-state index contributed by atoms with van der Waals surface area (Å²) in [6.07, 6.45) is 0. The minimum atomic E-state index is 0.129. The average Bonchev–Trinajstić information content (AvgIpc) is 3.15. The summed E-state index contributed by atoms with van der Waals surface area (Å²) in [7, 11) is 0. The van der Waals surface area contributed by atoms with E-state index in [0.29, 0.717) is 13.1 Å². The summed E-state index contributed by atoms with van der Waals surface area (Å²) in [6, 6.07) is 14.4. The predicted molar refractivity (Wildman–Crippen MR) is 120 cm³/mol. The number of thioether (sulfide) groups is 1. The van der Waals surface area contributed by atoms with E-state index in [9.17, 15) is 4.79 Å². The van der Waals surface area contributed by atoms with Crippen LogP contribution in [0, 0.1) is 13.8 Å². The second kappa shape index (κ2) is 8.64. The molecule has 1 aliphatic rings. The van der Waals surface area contributed by atoms with Crippen LogP contribution < -0.4 is 4.90 Å². The van der Waals surface area contributed by atoms with Gasteiger partial charge in [0.25, 0.3) is 0 Å². The number of amides is 1. The fourth-order valence-corrected chi connectivity index (χ4v) is 5.41. The Kier molecular flexibility index (Phi) is 5.99. The molecule has 0 radical (unpaired) electrons. The van der Waals surface area contributed by atoms with E-state index in [1.807, 2.05) is 34.9 Å². The van der Waals surface area contributed by atoms with Crippen molar-refractivity contribution in [2.75, 3.05) is 36.0 Å². The molecule has 28 heavy (non-hydrogen) atoms. The Balaban J connectivity index is 1.65. The monoisotopic (exact) mass is 411 g/mol. The zero-order valence-electron chi connectivity index (χ0n) is 16.4. The average molecular weight is 412 g/mol. The molecule has 4 rings (SSSR count). The van der Waals surface area contributed by atoms with Crippen LogP contribution in [-0.4, -0.2) is 46.9 Å². The summed E-state index contributed by atoms with van der Waals surface area (Å²) >= 11 is 3.57. The highest BCUT2D eigenvalue weighted by Gasteiger charge is 2.23. The Labute approximate surface area is 174 Å². The van der Waals surface area contributed by atoms with E-state index in [2.05, 4.69) is 43.0 Å². The van der Waals surface area contributed by atoms with E-state index in [1.54, 1.807) is 11.3 Å². The van der Waals surface area contributed by atoms with Crippen LogP contribution in [0.1, 0.15) is 16.7 Å². The molecule has 1 saturated heterocycles. The first-order chi connectivity index (χ1) is 13.6. The minimum absolute atomic E-state index is 0.129. The first-order valence-corrected chi connectivity index (χ1v) is 11.6. The fraction of sp³-hybridized carbons (Fsp3) is 0.364. The van der Waals surface area contributed by atoms with Gasteiger partial charge in [-0.3, -0.25) is 14.6 Å². The van der Waals surface area contributed by atoms with Gasteiger partial charge in [-0.2, -0.15) is 11.8 Å². The van der Waals surface area contributed by atoms with Crippen molar-refractivity contribution < 1.29 is 4.79 Å². The molecule has 4 nitrogen and oxygen atoms in total. The standard InChI is InChI=1S/C22H25N3OS2/c1-16-8-9-19-21(17(16)2)23-22(28-19)25(14-18-6-4-3-5-7-18)20(26)15-24-10-12-27-13-11-24/h3-9H,10-15H2,1-2H3. The molecule has 0 saturated carbocycles. The number of rotatable bonds is 5. The lowest BCUT2D eigenvalue weighted by Crippen LogP contribution is -2.43. The third-order valence-electron chi connectivity index (χ3n) is 5.25. The lowest BCUT2D eigenvalue weighted by atomic mass is 10.1. The van der Waals surface area contributed by atoms with Crippen molar-refractivity contribution in [3.05, 3.63) is 59.2 Å². The number of hydrogen-bond donors (Lipinski definition) is 0. The summed E-state index contributed by atoms with van der Waals surface area (Å²) in [4.78, 5) is 22.3. The Morgan fingerprint density at radius 1 is 1.11 bits per heavy atom. The predicted octanol–water partition coefficient (Wildman–Crippen LogP) is 4.50. The van der Waals surface area contributed by atoms with Gasteiger partial charge in [-0.05, 0) is 36.6 Å². The number of aromatic nitrogens is 1. The van der Waals surface area contributed by atoms with E-state index in [-0.39, 0.29) is 5.91 Å². The molecule has 0 bridgehead atoms. The van der Waals surface area contributed by atoms with E-state index in [1.165, 1.54) is 11.1 Å². The van der Waals surface area contributed by atoms with Crippen LogP contribution in [0.4, 0.5) is 5.13 Å². The third kappa shape index (κ3) is 4.24. The van der Waals surface area contributed by atoms with Crippen molar-refractivity contribution in [2.24, 2.45) is 0 Å². The lowest BCUT2D eigenvalue weighted by Gasteiger charge is -2.28. The van der Waals surface area contributed by atoms with Crippen molar-refractivity contribution in [1.29, 1.82) is 0 Å². The van der Waals surface area contributed by atoms with Crippen molar-refractivity contribution >= 4 is 44.4 Å². The molecule has 146 valence electrons. The molecule has 3 aromatic rings.